The average molecular weight is 420 g/mol. The standard InChI is InChI=1S/C19H22N4O3S2/c1-12(22(2)10-15(24)23-5-7-26-8-6-23)17-20-18(25)16-13(11-28-19(16)21-17)14-4-3-9-27-14/h3-4,9,11-12H,5-8,10H2,1-2H3,(H,20,21,25)/p+1/t12-/m0/s1. The number of thiophene rings is 2. The Labute approximate surface area is 170 Å². The molecule has 0 aromatic carbocycles. The van der Waals surface area contributed by atoms with Crippen LogP contribution in [0.1, 0.15) is 18.8 Å². The van der Waals surface area contributed by atoms with Crippen LogP contribution < -0.4 is 10.5 Å². The SMILES string of the molecule is C[C@@H](c1nc2scc(-c3cccs3)c2c(=O)[nH]1)[NH+](C)CC(=O)N1CCOCC1. The molecule has 2 atom stereocenters. The summed E-state index contributed by atoms with van der Waals surface area (Å²) in [6, 6.07) is 3.89. The van der Waals surface area contributed by atoms with E-state index in [-0.39, 0.29) is 17.5 Å². The van der Waals surface area contributed by atoms with Crippen molar-refractivity contribution in [3.63, 3.8) is 0 Å². The highest BCUT2D eigenvalue weighted by atomic mass is 32.1. The Morgan fingerprint density at radius 1 is 1.39 bits per heavy atom. The number of ether oxygens (including phenoxy) is 1. The van der Waals surface area contributed by atoms with Crippen LogP contribution >= 0.6 is 22.7 Å². The minimum atomic E-state index is -0.121. The molecule has 3 aromatic rings. The van der Waals surface area contributed by atoms with Crippen LogP contribution in [0.3, 0.4) is 0 Å². The zero-order valence-electron chi connectivity index (χ0n) is 15.9. The maximum absolute atomic E-state index is 12.8. The molecule has 1 saturated heterocycles. The number of nitrogens with zero attached hydrogens (tertiary/aromatic N) is 2. The molecule has 2 N–H and O–H groups in total. The molecule has 0 saturated carbocycles. The predicted molar refractivity (Wildman–Crippen MR) is 111 cm³/mol. The zero-order chi connectivity index (χ0) is 19.7. The molecule has 28 heavy (non-hydrogen) atoms. The van der Waals surface area contributed by atoms with Crippen molar-refractivity contribution in [3.05, 3.63) is 39.1 Å². The third kappa shape index (κ3) is 3.75. The van der Waals surface area contributed by atoms with E-state index in [1.165, 1.54) is 11.3 Å². The fourth-order valence-corrected chi connectivity index (χ4v) is 5.10. The molecule has 9 heteroatoms. The van der Waals surface area contributed by atoms with Crippen molar-refractivity contribution in [2.75, 3.05) is 39.9 Å². The van der Waals surface area contributed by atoms with Crippen LogP contribution in [0.2, 0.25) is 0 Å². The van der Waals surface area contributed by atoms with E-state index in [4.69, 9.17) is 9.72 Å². The number of quaternary nitrogens is 1. The maximum Gasteiger partial charge on any atom is 0.277 e. The number of H-pyrrole nitrogens is 1. The van der Waals surface area contributed by atoms with Gasteiger partial charge >= 0.3 is 0 Å². The largest absolute Gasteiger partial charge is 0.378 e. The topological polar surface area (TPSA) is 79.7 Å². The van der Waals surface area contributed by atoms with E-state index in [0.717, 1.165) is 20.2 Å². The summed E-state index contributed by atoms with van der Waals surface area (Å²) < 4.78 is 5.31. The van der Waals surface area contributed by atoms with Gasteiger partial charge in [0.2, 0.25) is 0 Å². The Morgan fingerprint density at radius 3 is 2.89 bits per heavy atom. The first-order valence-electron chi connectivity index (χ1n) is 9.27. The molecule has 1 fully saturated rings. The van der Waals surface area contributed by atoms with Gasteiger partial charge in [0, 0.05) is 28.9 Å². The first-order valence-corrected chi connectivity index (χ1v) is 11.0. The highest BCUT2D eigenvalue weighted by Crippen LogP contribution is 2.33. The third-order valence-electron chi connectivity index (χ3n) is 5.19. The summed E-state index contributed by atoms with van der Waals surface area (Å²) in [6.45, 7) is 4.81. The lowest BCUT2D eigenvalue weighted by Gasteiger charge is -2.28. The Bertz CT molecular complexity index is 1020. The average Bonchev–Trinajstić information content (AvgIpc) is 3.37. The summed E-state index contributed by atoms with van der Waals surface area (Å²) in [4.78, 5) is 37.6. The fraction of sp³-hybridized carbons (Fsp3) is 0.421. The van der Waals surface area contributed by atoms with Gasteiger partial charge in [0.1, 0.15) is 10.9 Å². The lowest BCUT2D eigenvalue weighted by atomic mass is 10.2. The summed E-state index contributed by atoms with van der Waals surface area (Å²) in [5, 5.41) is 4.64. The van der Waals surface area contributed by atoms with E-state index in [0.29, 0.717) is 44.1 Å². The van der Waals surface area contributed by atoms with Crippen molar-refractivity contribution in [1.29, 1.82) is 0 Å². The Kier molecular flexibility index (Phi) is 5.58. The van der Waals surface area contributed by atoms with E-state index in [2.05, 4.69) is 4.98 Å². The molecule has 4 rings (SSSR count). The van der Waals surface area contributed by atoms with Crippen molar-refractivity contribution in [3.8, 4) is 10.4 Å². The molecule has 3 aromatic heterocycles. The van der Waals surface area contributed by atoms with Gasteiger partial charge < -0.3 is 19.5 Å². The van der Waals surface area contributed by atoms with E-state index in [1.807, 2.05) is 41.8 Å². The number of hydrogen-bond acceptors (Lipinski definition) is 6. The Morgan fingerprint density at radius 2 is 2.18 bits per heavy atom. The molecule has 0 aliphatic carbocycles. The Balaban J connectivity index is 1.55. The predicted octanol–water partition coefficient (Wildman–Crippen LogP) is 1.15. The van der Waals surface area contributed by atoms with E-state index < -0.39 is 0 Å². The number of carbonyl (C=O) groups is 1. The summed E-state index contributed by atoms with van der Waals surface area (Å²) in [5.74, 6) is 0.719. The molecule has 4 heterocycles. The minimum Gasteiger partial charge on any atom is -0.378 e. The second-order valence-corrected chi connectivity index (χ2v) is 8.80. The molecular formula is C19H23N4O3S2+. The molecule has 0 bridgehead atoms. The smallest absolute Gasteiger partial charge is 0.277 e. The van der Waals surface area contributed by atoms with Crippen molar-refractivity contribution >= 4 is 38.8 Å². The van der Waals surface area contributed by atoms with Gasteiger partial charge in [-0.1, -0.05) is 6.07 Å². The second kappa shape index (κ2) is 8.12. The van der Waals surface area contributed by atoms with Crippen molar-refractivity contribution in [1.82, 2.24) is 14.9 Å². The van der Waals surface area contributed by atoms with Crippen molar-refractivity contribution < 1.29 is 14.4 Å². The highest BCUT2D eigenvalue weighted by molar-refractivity contribution is 7.18. The minimum absolute atomic E-state index is 0.102. The number of aromatic nitrogens is 2. The van der Waals surface area contributed by atoms with Crippen LogP contribution in [0.4, 0.5) is 0 Å². The lowest BCUT2D eigenvalue weighted by molar-refractivity contribution is -0.903. The normalized spacial score (nSPS) is 17.0. The molecule has 1 aliphatic rings. The van der Waals surface area contributed by atoms with E-state index in [9.17, 15) is 9.59 Å². The van der Waals surface area contributed by atoms with Crippen LogP contribution in [0.25, 0.3) is 20.7 Å². The zero-order valence-corrected chi connectivity index (χ0v) is 17.5. The van der Waals surface area contributed by atoms with E-state index >= 15 is 0 Å². The summed E-state index contributed by atoms with van der Waals surface area (Å²) in [6.07, 6.45) is 0. The number of rotatable bonds is 5. The first-order chi connectivity index (χ1) is 13.5. The van der Waals surface area contributed by atoms with Crippen LogP contribution in [0, 0.1) is 0 Å². The number of hydrogen-bond donors (Lipinski definition) is 2. The summed E-state index contributed by atoms with van der Waals surface area (Å²) in [5.41, 5.74) is 0.815. The van der Waals surface area contributed by atoms with Gasteiger partial charge in [-0.3, -0.25) is 9.59 Å². The van der Waals surface area contributed by atoms with Crippen LogP contribution in [0.5, 0.6) is 0 Å². The number of fused-ring (bicyclic) bond motifs is 1. The number of likely N-dealkylation sites (N-methyl/N-ethyl adjacent to an activating group) is 1. The third-order valence-corrected chi connectivity index (χ3v) is 6.97. The first kappa shape index (κ1) is 19.3. The van der Waals surface area contributed by atoms with Gasteiger partial charge in [0.05, 0.1) is 25.6 Å². The van der Waals surface area contributed by atoms with Crippen molar-refractivity contribution in [2.45, 2.75) is 13.0 Å². The van der Waals surface area contributed by atoms with Gasteiger partial charge in [-0.15, -0.1) is 22.7 Å². The van der Waals surface area contributed by atoms with Gasteiger partial charge in [0.15, 0.2) is 12.4 Å². The number of aromatic amines is 1. The van der Waals surface area contributed by atoms with Crippen LogP contribution in [-0.4, -0.2) is 60.7 Å². The highest BCUT2D eigenvalue weighted by Gasteiger charge is 2.26. The van der Waals surface area contributed by atoms with E-state index in [1.54, 1.807) is 11.3 Å². The van der Waals surface area contributed by atoms with Gasteiger partial charge in [-0.25, -0.2) is 4.98 Å². The fourth-order valence-electron chi connectivity index (χ4n) is 3.33. The quantitative estimate of drug-likeness (QED) is 0.650. The van der Waals surface area contributed by atoms with Crippen LogP contribution in [-0.2, 0) is 9.53 Å². The maximum atomic E-state index is 12.8. The molecule has 7 nitrogen and oxygen atoms in total. The molecule has 0 spiro atoms. The molecule has 1 aliphatic heterocycles. The number of nitrogens with one attached hydrogen (secondary N) is 2. The number of carbonyl (C=O) groups excluding carboxylic acids is 1. The molecule has 0 radical (unpaired) electrons. The second-order valence-electron chi connectivity index (χ2n) is 7.00. The van der Waals surface area contributed by atoms with Crippen LogP contribution in [0.15, 0.2) is 27.7 Å². The molecule has 148 valence electrons. The monoisotopic (exact) mass is 419 g/mol. The summed E-state index contributed by atoms with van der Waals surface area (Å²) >= 11 is 3.09. The number of morpholine rings is 1. The molecule has 1 amide bonds. The lowest BCUT2D eigenvalue weighted by Crippen LogP contribution is -3.10. The van der Waals surface area contributed by atoms with Gasteiger partial charge in [-0.05, 0) is 18.4 Å². The van der Waals surface area contributed by atoms with Gasteiger partial charge in [-0.2, -0.15) is 0 Å². The Hall–Kier alpha value is -2.07. The molecular weight excluding hydrogens is 396 g/mol. The van der Waals surface area contributed by atoms with Gasteiger partial charge in [0.25, 0.3) is 11.5 Å². The molecule has 1 unspecified atom stereocenters. The van der Waals surface area contributed by atoms with Crippen molar-refractivity contribution in [2.24, 2.45) is 0 Å². The summed E-state index contributed by atoms with van der Waals surface area (Å²) in [7, 11) is 1.96. The number of amides is 1.